The Morgan fingerprint density at radius 3 is 2.58 bits per heavy atom. The van der Waals surface area contributed by atoms with E-state index >= 15 is 0 Å². The van der Waals surface area contributed by atoms with Crippen LogP contribution in [-0.2, 0) is 9.53 Å². The van der Waals surface area contributed by atoms with Crippen LogP contribution in [-0.4, -0.2) is 37.8 Å². The van der Waals surface area contributed by atoms with Crippen LogP contribution in [0.3, 0.4) is 0 Å². The van der Waals surface area contributed by atoms with Gasteiger partial charge in [0, 0.05) is 4.92 Å². The Labute approximate surface area is 141 Å². The van der Waals surface area contributed by atoms with Gasteiger partial charge in [-0.2, -0.15) is 0 Å². The number of hydrogen-bond acceptors (Lipinski definition) is 6. The standard InChI is InChI=1S/C17H23NO6/c1-22-15-8-7-12(9-16(15)24-14-5-3-4-6-14)13(11-18(20)21)10-17(19)23-2/h7-9,13-14H,3-6,10-11H2,1-2H3/t13-/m1/s1. The van der Waals surface area contributed by atoms with Crippen molar-refractivity contribution in [3.8, 4) is 11.5 Å². The number of carbonyl (C=O) groups excluding carboxylic acids is 1. The van der Waals surface area contributed by atoms with Gasteiger partial charge >= 0.3 is 5.97 Å². The fourth-order valence-electron chi connectivity index (χ4n) is 2.98. The van der Waals surface area contributed by atoms with Crippen LogP contribution in [0.5, 0.6) is 11.5 Å². The molecule has 0 aromatic heterocycles. The minimum atomic E-state index is -0.565. The van der Waals surface area contributed by atoms with Gasteiger partial charge in [-0.3, -0.25) is 14.9 Å². The fraction of sp³-hybridized carbons (Fsp3) is 0.588. The zero-order valence-electron chi connectivity index (χ0n) is 14.0. The molecule has 0 unspecified atom stereocenters. The molecular formula is C17H23NO6. The molecule has 7 heteroatoms. The summed E-state index contributed by atoms with van der Waals surface area (Å²) in [5, 5.41) is 10.9. The van der Waals surface area contributed by atoms with Crippen molar-refractivity contribution >= 4 is 5.97 Å². The zero-order valence-corrected chi connectivity index (χ0v) is 14.0. The summed E-state index contributed by atoms with van der Waals surface area (Å²) in [5.41, 5.74) is 0.672. The lowest BCUT2D eigenvalue weighted by atomic mass is 9.95. The molecular weight excluding hydrogens is 314 g/mol. The van der Waals surface area contributed by atoms with E-state index in [2.05, 4.69) is 4.74 Å². The molecule has 0 amide bonds. The highest BCUT2D eigenvalue weighted by atomic mass is 16.6. The number of hydrogen-bond donors (Lipinski definition) is 0. The normalized spacial score (nSPS) is 15.8. The zero-order chi connectivity index (χ0) is 17.5. The number of nitrogens with zero attached hydrogens (tertiary/aromatic N) is 1. The summed E-state index contributed by atoms with van der Waals surface area (Å²) in [6, 6.07) is 5.20. The largest absolute Gasteiger partial charge is 0.493 e. The van der Waals surface area contributed by atoms with E-state index in [-0.39, 0.29) is 19.1 Å². The van der Waals surface area contributed by atoms with E-state index in [0.717, 1.165) is 25.7 Å². The lowest BCUT2D eigenvalue weighted by Crippen LogP contribution is -2.18. The smallest absolute Gasteiger partial charge is 0.306 e. The molecule has 0 heterocycles. The molecule has 1 aromatic carbocycles. The molecule has 0 bridgehead atoms. The predicted molar refractivity (Wildman–Crippen MR) is 87.1 cm³/mol. The Balaban J connectivity index is 2.24. The highest BCUT2D eigenvalue weighted by molar-refractivity contribution is 5.70. The monoisotopic (exact) mass is 337 g/mol. The quantitative estimate of drug-likeness (QED) is 0.412. The average Bonchev–Trinajstić information content (AvgIpc) is 3.06. The van der Waals surface area contributed by atoms with E-state index in [4.69, 9.17) is 9.47 Å². The second-order valence-electron chi connectivity index (χ2n) is 5.93. The number of esters is 1. The summed E-state index contributed by atoms with van der Waals surface area (Å²) in [5.74, 6) is 0.115. The van der Waals surface area contributed by atoms with Gasteiger partial charge in [-0.1, -0.05) is 6.07 Å². The van der Waals surface area contributed by atoms with Gasteiger partial charge in [-0.15, -0.1) is 0 Å². The van der Waals surface area contributed by atoms with Gasteiger partial charge in [0.15, 0.2) is 11.5 Å². The lowest BCUT2D eigenvalue weighted by Gasteiger charge is -2.19. The summed E-state index contributed by atoms with van der Waals surface area (Å²) in [7, 11) is 2.83. The first kappa shape index (κ1) is 18.0. The minimum absolute atomic E-state index is 0.0489. The first-order valence-electron chi connectivity index (χ1n) is 8.06. The van der Waals surface area contributed by atoms with E-state index < -0.39 is 16.8 Å². The summed E-state index contributed by atoms with van der Waals surface area (Å²) < 4.78 is 16.0. The van der Waals surface area contributed by atoms with E-state index in [1.54, 1.807) is 25.3 Å². The summed E-state index contributed by atoms with van der Waals surface area (Å²) in [6.07, 6.45) is 4.36. The van der Waals surface area contributed by atoms with Crippen LogP contribution in [0.1, 0.15) is 43.6 Å². The molecule has 0 N–H and O–H groups in total. The van der Waals surface area contributed by atoms with Gasteiger partial charge in [0.2, 0.25) is 6.54 Å². The molecule has 2 rings (SSSR count). The summed E-state index contributed by atoms with van der Waals surface area (Å²) in [6.45, 7) is -0.343. The number of benzene rings is 1. The van der Waals surface area contributed by atoms with Crippen LogP contribution in [0.4, 0.5) is 0 Å². The van der Waals surface area contributed by atoms with Crippen LogP contribution >= 0.6 is 0 Å². The molecule has 0 saturated heterocycles. The number of carbonyl (C=O) groups is 1. The Hall–Kier alpha value is -2.31. The van der Waals surface area contributed by atoms with Crippen LogP contribution in [0.2, 0.25) is 0 Å². The molecule has 24 heavy (non-hydrogen) atoms. The maximum Gasteiger partial charge on any atom is 0.306 e. The number of nitro groups is 1. The van der Waals surface area contributed by atoms with Gasteiger partial charge in [0.1, 0.15) is 0 Å². The van der Waals surface area contributed by atoms with Crippen molar-refractivity contribution in [2.24, 2.45) is 0 Å². The Kier molecular flexibility index (Phi) is 6.40. The molecule has 1 atom stereocenters. The second kappa shape index (κ2) is 8.52. The minimum Gasteiger partial charge on any atom is -0.493 e. The van der Waals surface area contributed by atoms with Crippen molar-refractivity contribution in [2.45, 2.75) is 44.1 Å². The molecule has 0 aliphatic heterocycles. The molecule has 7 nitrogen and oxygen atoms in total. The van der Waals surface area contributed by atoms with Crippen molar-refractivity contribution in [2.75, 3.05) is 20.8 Å². The second-order valence-corrected chi connectivity index (χ2v) is 5.93. The van der Waals surface area contributed by atoms with Crippen molar-refractivity contribution < 1.29 is 23.9 Å². The van der Waals surface area contributed by atoms with Gasteiger partial charge in [-0.05, 0) is 43.4 Å². The molecule has 0 spiro atoms. The first-order valence-corrected chi connectivity index (χ1v) is 8.06. The van der Waals surface area contributed by atoms with Crippen molar-refractivity contribution in [3.05, 3.63) is 33.9 Å². The topological polar surface area (TPSA) is 87.9 Å². The third-order valence-corrected chi connectivity index (χ3v) is 4.27. The molecule has 1 fully saturated rings. The third kappa shape index (κ3) is 4.84. The molecule has 0 radical (unpaired) electrons. The van der Waals surface area contributed by atoms with Crippen LogP contribution in [0, 0.1) is 10.1 Å². The molecule has 1 aliphatic carbocycles. The molecule has 132 valence electrons. The molecule has 1 saturated carbocycles. The SMILES string of the molecule is COC(=O)C[C@H](C[N+](=O)[O-])c1ccc(OC)c(OC2CCCC2)c1. The lowest BCUT2D eigenvalue weighted by molar-refractivity contribution is -0.483. The van der Waals surface area contributed by atoms with Gasteiger partial charge < -0.3 is 14.2 Å². The number of ether oxygens (including phenoxy) is 3. The van der Waals surface area contributed by atoms with E-state index in [0.29, 0.717) is 17.1 Å². The number of rotatable bonds is 8. The van der Waals surface area contributed by atoms with E-state index in [1.807, 2.05) is 0 Å². The number of methoxy groups -OCH3 is 2. The predicted octanol–water partition coefficient (Wildman–Crippen LogP) is 2.94. The van der Waals surface area contributed by atoms with Crippen molar-refractivity contribution in [1.82, 2.24) is 0 Å². The van der Waals surface area contributed by atoms with Crippen molar-refractivity contribution in [3.63, 3.8) is 0 Å². The molecule has 1 aromatic rings. The van der Waals surface area contributed by atoms with E-state index in [9.17, 15) is 14.9 Å². The first-order chi connectivity index (χ1) is 11.5. The molecule has 1 aliphatic rings. The highest BCUT2D eigenvalue weighted by Crippen LogP contribution is 2.35. The van der Waals surface area contributed by atoms with Crippen LogP contribution in [0.15, 0.2) is 18.2 Å². The third-order valence-electron chi connectivity index (χ3n) is 4.27. The van der Waals surface area contributed by atoms with Gasteiger partial charge in [0.05, 0.1) is 32.7 Å². The average molecular weight is 337 g/mol. The van der Waals surface area contributed by atoms with Gasteiger partial charge in [-0.25, -0.2) is 0 Å². The van der Waals surface area contributed by atoms with Gasteiger partial charge in [0.25, 0.3) is 0 Å². The summed E-state index contributed by atoms with van der Waals surface area (Å²) >= 11 is 0. The Bertz CT molecular complexity index is 582. The maximum absolute atomic E-state index is 11.6. The fourth-order valence-corrected chi connectivity index (χ4v) is 2.98. The van der Waals surface area contributed by atoms with Crippen LogP contribution < -0.4 is 9.47 Å². The Morgan fingerprint density at radius 1 is 1.29 bits per heavy atom. The highest BCUT2D eigenvalue weighted by Gasteiger charge is 2.24. The van der Waals surface area contributed by atoms with Crippen molar-refractivity contribution in [1.29, 1.82) is 0 Å². The maximum atomic E-state index is 11.6. The summed E-state index contributed by atoms with van der Waals surface area (Å²) in [4.78, 5) is 22.1. The van der Waals surface area contributed by atoms with Crippen LogP contribution in [0.25, 0.3) is 0 Å². The Morgan fingerprint density at radius 2 is 2.00 bits per heavy atom. The van der Waals surface area contributed by atoms with E-state index in [1.165, 1.54) is 7.11 Å².